The highest BCUT2D eigenvalue weighted by molar-refractivity contribution is 5.31. The van der Waals surface area contributed by atoms with Crippen LogP contribution in [0, 0.1) is 0 Å². The van der Waals surface area contributed by atoms with Crippen molar-refractivity contribution in [1.82, 2.24) is 0 Å². The zero-order valence-corrected chi connectivity index (χ0v) is 12.7. The van der Waals surface area contributed by atoms with Gasteiger partial charge in [0, 0.05) is 0 Å². The van der Waals surface area contributed by atoms with Gasteiger partial charge in [-0.1, -0.05) is 6.08 Å². The molecule has 1 heterocycles. The number of aliphatic hydroxyl groups is 2. The third-order valence-electron chi connectivity index (χ3n) is 3.49. The zero-order valence-electron chi connectivity index (χ0n) is 12.7. The Morgan fingerprint density at radius 2 is 1.82 bits per heavy atom. The van der Waals surface area contributed by atoms with E-state index < -0.39 is 30.7 Å². The lowest BCUT2D eigenvalue weighted by atomic mass is 10.00. The van der Waals surface area contributed by atoms with Gasteiger partial charge in [-0.05, 0) is 31.2 Å². The Morgan fingerprint density at radius 1 is 1.18 bits per heavy atom. The molecule has 0 aromatic heterocycles. The number of rotatable bonds is 6. The fourth-order valence-corrected chi connectivity index (χ4v) is 2.24. The first-order chi connectivity index (χ1) is 10.6. The molecule has 0 saturated carbocycles. The normalized spacial score (nSPS) is 31.5. The predicted octanol–water partition coefficient (Wildman–Crippen LogP) is 1.11. The van der Waals surface area contributed by atoms with E-state index in [0.29, 0.717) is 11.5 Å². The first-order valence-corrected chi connectivity index (χ1v) is 7.11. The number of hydrogen-bond acceptors (Lipinski definition) is 6. The van der Waals surface area contributed by atoms with E-state index in [2.05, 4.69) is 6.58 Å². The Morgan fingerprint density at radius 3 is 2.41 bits per heavy atom. The highest BCUT2D eigenvalue weighted by atomic mass is 16.7. The van der Waals surface area contributed by atoms with Crippen molar-refractivity contribution in [1.29, 1.82) is 0 Å². The van der Waals surface area contributed by atoms with Gasteiger partial charge in [-0.25, -0.2) is 0 Å². The van der Waals surface area contributed by atoms with Crippen molar-refractivity contribution in [3.63, 3.8) is 0 Å². The van der Waals surface area contributed by atoms with Gasteiger partial charge in [-0.15, -0.1) is 6.58 Å². The van der Waals surface area contributed by atoms with Crippen molar-refractivity contribution in [3.8, 4) is 11.5 Å². The number of benzene rings is 1. The molecule has 0 unspecified atom stereocenters. The Balaban J connectivity index is 2.12. The highest BCUT2D eigenvalue weighted by Crippen LogP contribution is 2.27. The van der Waals surface area contributed by atoms with Crippen molar-refractivity contribution < 1.29 is 29.2 Å². The molecule has 1 aromatic rings. The van der Waals surface area contributed by atoms with Crippen LogP contribution in [-0.2, 0) is 9.47 Å². The van der Waals surface area contributed by atoms with Gasteiger partial charge in [0.05, 0.1) is 19.8 Å². The van der Waals surface area contributed by atoms with Gasteiger partial charge in [-0.3, -0.25) is 0 Å². The van der Waals surface area contributed by atoms with E-state index in [4.69, 9.17) is 18.9 Å². The molecule has 1 aliphatic heterocycles. The van der Waals surface area contributed by atoms with Gasteiger partial charge in [0.25, 0.3) is 0 Å². The van der Waals surface area contributed by atoms with Gasteiger partial charge in [0.2, 0.25) is 0 Å². The van der Waals surface area contributed by atoms with Crippen LogP contribution in [0.5, 0.6) is 11.5 Å². The summed E-state index contributed by atoms with van der Waals surface area (Å²) in [5.74, 6) is 1.21. The fourth-order valence-electron chi connectivity index (χ4n) is 2.24. The maximum atomic E-state index is 10.3. The smallest absolute Gasteiger partial charge is 0.198 e. The zero-order chi connectivity index (χ0) is 16.1. The second kappa shape index (κ2) is 7.60. The van der Waals surface area contributed by atoms with Crippen molar-refractivity contribution in [2.24, 2.45) is 0 Å². The molecule has 1 fully saturated rings. The van der Waals surface area contributed by atoms with Crippen LogP contribution in [-0.4, -0.2) is 54.6 Å². The summed E-state index contributed by atoms with van der Waals surface area (Å²) >= 11 is 0. The average molecular weight is 310 g/mol. The maximum Gasteiger partial charge on any atom is 0.198 e. The second-order valence-corrected chi connectivity index (χ2v) is 5.07. The molecule has 6 heteroatoms. The van der Waals surface area contributed by atoms with E-state index in [1.54, 1.807) is 44.4 Å². The van der Waals surface area contributed by atoms with Crippen LogP contribution in [0.25, 0.3) is 0 Å². The maximum absolute atomic E-state index is 10.3. The lowest BCUT2D eigenvalue weighted by molar-refractivity contribution is -0.284. The molecular formula is C16H22O6. The molecule has 0 amide bonds. The Labute approximate surface area is 129 Å². The molecule has 0 aliphatic carbocycles. The molecule has 1 aromatic carbocycles. The second-order valence-electron chi connectivity index (χ2n) is 5.07. The first-order valence-electron chi connectivity index (χ1n) is 7.11. The van der Waals surface area contributed by atoms with Gasteiger partial charge < -0.3 is 29.2 Å². The van der Waals surface area contributed by atoms with E-state index in [9.17, 15) is 10.2 Å². The number of ether oxygens (including phenoxy) is 4. The number of hydrogen-bond donors (Lipinski definition) is 2. The summed E-state index contributed by atoms with van der Waals surface area (Å²) in [6.45, 7) is 5.50. The molecule has 1 saturated heterocycles. The van der Waals surface area contributed by atoms with E-state index in [1.807, 2.05) is 0 Å². The predicted molar refractivity (Wildman–Crippen MR) is 79.9 cm³/mol. The quantitative estimate of drug-likeness (QED) is 0.767. The number of aliphatic hydroxyl groups excluding tert-OH is 2. The molecule has 0 radical (unpaired) electrons. The molecule has 1 aliphatic rings. The van der Waals surface area contributed by atoms with Crippen LogP contribution in [0.2, 0.25) is 0 Å². The van der Waals surface area contributed by atoms with E-state index >= 15 is 0 Å². The SMILES string of the molecule is C=CCO[C@@H]1O[C@@H](C)[C@@H](O)[C@@H](O)[C@@H]1Oc1ccc(OC)cc1. The van der Waals surface area contributed by atoms with Crippen molar-refractivity contribution >= 4 is 0 Å². The summed E-state index contributed by atoms with van der Waals surface area (Å²) in [5.41, 5.74) is 0. The molecule has 6 nitrogen and oxygen atoms in total. The lowest BCUT2D eigenvalue weighted by Gasteiger charge is -2.41. The van der Waals surface area contributed by atoms with E-state index in [1.165, 1.54) is 0 Å². The van der Waals surface area contributed by atoms with Gasteiger partial charge >= 0.3 is 0 Å². The van der Waals surface area contributed by atoms with Gasteiger partial charge in [0.15, 0.2) is 12.4 Å². The summed E-state index contributed by atoms with van der Waals surface area (Å²) in [7, 11) is 1.57. The minimum Gasteiger partial charge on any atom is -0.497 e. The summed E-state index contributed by atoms with van der Waals surface area (Å²) in [4.78, 5) is 0. The number of methoxy groups -OCH3 is 1. The molecule has 0 spiro atoms. The minimum atomic E-state index is -1.12. The van der Waals surface area contributed by atoms with Crippen LogP contribution in [0.1, 0.15) is 6.92 Å². The molecule has 22 heavy (non-hydrogen) atoms. The van der Waals surface area contributed by atoms with Gasteiger partial charge in [0.1, 0.15) is 23.7 Å². The molecule has 5 atom stereocenters. The fraction of sp³-hybridized carbons (Fsp3) is 0.500. The van der Waals surface area contributed by atoms with Gasteiger partial charge in [-0.2, -0.15) is 0 Å². The van der Waals surface area contributed by atoms with Crippen LogP contribution < -0.4 is 9.47 Å². The van der Waals surface area contributed by atoms with Crippen LogP contribution in [0.15, 0.2) is 36.9 Å². The average Bonchev–Trinajstić information content (AvgIpc) is 2.54. The molecule has 122 valence electrons. The van der Waals surface area contributed by atoms with Crippen LogP contribution >= 0.6 is 0 Å². The standard InChI is InChI=1S/C16H22O6/c1-4-9-20-16-15(14(18)13(17)10(2)21-16)22-12-7-5-11(19-3)6-8-12/h4-8,10,13-18H,1,9H2,2-3H3/t10-,13+,14+,15-,16+/m0/s1. The monoisotopic (exact) mass is 310 g/mol. The largest absolute Gasteiger partial charge is 0.497 e. The van der Waals surface area contributed by atoms with E-state index in [0.717, 1.165) is 0 Å². The summed E-state index contributed by atoms with van der Waals surface area (Å²) < 4.78 is 21.9. The van der Waals surface area contributed by atoms with Crippen LogP contribution in [0.3, 0.4) is 0 Å². The molecule has 0 bridgehead atoms. The Kier molecular flexibility index (Phi) is 5.79. The van der Waals surface area contributed by atoms with Crippen molar-refractivity contribution in [3.05, 3.63) is 36.9 Å². The minimum absolute atomic E-state index is 0.253. The third-order valence-corrected chi connectivity index (χ3v) is 3.49. The molecule has 2 rings (SSSR count). The summed E-state index contributed by atoms with van der Waals surface area (Å²) in [6, 6.07) is 6.90. The van der Waals surface area contributed by atoms with Crippen molar-refractivity contribution in [2.75, 3.05) is 13.7 Å². The summed E-state index contributed by atoms with van der Waals surface area (Å²) in [6.07, 6.45) is -2.79. The third kappa shape index (κ3) is 3.78. The van der Waals surface area contributed by atoms with Crippen molar-refractivity contribution in [2.45, 2.75) is 37.6 Å². The Hall–Kier alpha value is -1.60. The topological polar surface area (TPSA) is 77.4 Å². The highest BCUT2D eigenvalue weighted by Gasteiger charge is 2.44. The Bertz CT molecular complexity index is 474. The lowest BCUT2D eigenvalue weighted by Crippen LogP contribution is -2.59. The summed E-state index contributed by atoms with van der Waals surface area (Å²) in [5, 5.41) is 20.2. The van der Waals surface area contributed by atoms with Crippen LogP contribution in [0.4, 0.5) is 0 Å². The first kappa shape index (κ1) is 16.8. The molecule has 2 N–H and O–H groups in total. The molecular weight excluding hydrogens is 288 g/mol. The van der Waals surface area contributed by atoms with E-state index in [-0.39, 0.29) is 6.61 Å².